The standard InChI is InChI=1S/C14H9I3O3/c15-10-3-1-2-8(4-10)7-20-13-11(16)5-9(14(18)19)6-12(13)17/h1-6H,7H2,(H,18,19). The molecule has 1 N–H and O–H groups in total. The Hall–Kier alpha value is -0.100. The molecule has 0 atom stereocenters. The fourth-order valence-electron chi connectivity index (χ4n) is 1.60. The van der Waals surface area contributed by atoms with Crippen LogP contribution in [0.5, 0.6) is 5.75 Å². The summed E-state index contributed by atoms with van der Waals surface area (Å²) in [4.78, 5) is 11.0. The molecule has 0 spiro atoms. The Bertz CT molecular complexity index is 633. The van der Waals surface area contributed by atoms with Crippen molar-refractivity contribution in [2.45, 2.75) is 6.61 Å². The number of carbonyl (C=O) groups is 1. The summed E-state index contributed by atoms with van der Waals surface area (Å²) in [6.45, 7) is 0.468. The Morgan fingerprint density at radius 3 is 2.30 bits per heavy atom. The van der Waals surface area contributed by atoms with E-state index in [1.54, 1.807) is 12.1 Å². The molecule has 0 heterocycles. The summed E-state index contributed by atoms with van der Waals surface area (Å²) in [5.74, 6) is -0.194. The Balaban J connectivity index is 2.20. The van der Waals surface area contributed by atoms with Gasteiger partial charge in [0, 0.05) is 3.57 Å². The molecule has 2 aromatic rings. The van der Waals surface area contributed by atoms with Crippen LogP contribution in [0.25, 0.3) is 0 Å². The molecule has 2 rings (SSSR count). The second kappa shape index (κ2) is 7.25. The van der Waals surface area contributed by atoms with Crippen LogP contribution >= 0.6 is 67.8 Å². The first-order valence-corrected chi connectivity index (χ1v) is 8.80. The minimum atomic E-state index is -0.926. The van der Waals surface area contributed by atoms with Crippen LogP contribution in [0.4, 0.5) is 0 Å². The smallest absolute Gasteiger partial charge is 0.335 e. The van der Waals surface area contributed by atoms with E-state index in [1.807, 2.05) is 18.2 Å². The normalized spacial score (nSPS) is 10.3. The molecule has 0 fully saturated rings. The highest BCUT2D eigenvalue weighted by Gasteiger charge is 2.12. The third-order valence-electron chi connectivity index (χ3n) is 2.52. The molecular weight excluding hydrogens is 597 g/mol. The third-order valence-corrected chi connectivity index (χ3v) is 4.79. The highest BCUT2D eigenvalue weighted by Crippen LogP contribution is 2.29. The molecule has 0 bridgehead atoms. The average molecular weight is 606 g/mol. The predicted molar refractivity (Wildman–Crippen MR) is 102 cm³/mol. The van der Waals surface area contributed by atoms with Gasteiger partial charge in [-0.05, 0) is 97.6 Å². The van der Waals surface area contributed by atoms with Crippen molar-refractivity contribution >= 4 is 73.7 Å². The van der Waals surface area contributed by atoms with E-state index < -0.39 is 5.97 Å². The second-order valence-electron chi connectivity index (χ2n) is 3.99. The Kier molecular flexibility index (Phi) is 5.90. The minimum absolute atomic E-state index is 0.278. The van der Waals surface area contributed by atoms with Crippen LogP contribution in [0.2, 0.25) is 0 Å². The highest BCUT2D eigenvalue weighted by atomic mass is 127. The lowest BCUT2D eigenvalue weighted by molar-refractivity contribution is 0.0696. The molecule has 0 saturated carbocycles. The summed E-state index contributed by atoms with van der Waals surface area (Å²) in [6.07, 6.45) is 0. The molecule has 2 aromatic carbocycles. The van der Waals surface area contributed by atoms with E-state index >= 15 is 0 Å². The van der Waals surface area contributed by atoms with Crippen molar-refractivity contribution in [1.29, 1.82) is 0 Å². The minimum Gasteiger partial charge on any atom is -0.487 e. The van der Waals surface area contributed by atoms with E-state index in [2.05, 4.69) is 73.8 Å². The lowest BCUT2D eigenvalue weighted by atomic mass is 10.2. The quantitative estimate of drug-likeness (QED) is 0.511. The average Bonchev–Trinajstić information content (AvgIpc) is 2.37. The highest BCUT2D eigenvalue weighted by molar-refractivity contribution is 14.1. The summed E-state index contributed by atoms with van der Waals surface area (Å²) in [6, 6.07) is 11.3. The zero-order valence-electron chi connectivity index (χ0n) is 10.1. The number of rotatable bonds is 4. The van der Waals surface area contributed by atoms with E-state index in [4.69, 9.17) is 9.84 Å². The van der Waals surface area contributed by atoms with Gasteiger partial charge in [-0.2, -0.15) is 0 Å². The first-order valence-electron chi connectivity index (χ1n) is 5.57. The van der Waals surface area contributed by atoms with Crippen LogP contribution in [-0.4, -0.2) is 11.1 Å². The van der Waals surface area contributed by atoms with Gasteiger partial charge in [0.1, 0.15) is 12.4 Å². The number of hydrogen-bond acceptors (Lipinski definition) is 2. The molecule has 6 heteroatoms. The number of halogens is 3. The van der Waals surface area contributed by atoms with Gasteiger partial charge in [0.05, 0.1) is 12.7 Å². The molecule has 0 aliphatic rings. The van der Waals surface area contributed by atoms with Crippen LogP contribution < -0.4 is 4.74 Å². The molecule has 0 saturated heterocycles. The molecule has 20 heavy (non-hydrogen) atoms. The SMILES string of the molecule is O=C(O)c1cc(I)c(OCc2cccc(I)c2)c(I)c1. The lowest BCUT2D eigenvalue weighted by Crippen LogP contribution is -2.03. The number of ether oxygens (including phenoxy) is 1. The van der Waals surface area contributed by atoms with E-state index in [0.717, 1.165) is 22.0 Å². The predicted octanol–water partition coefficient (Wildman–Crippen LogP) is 4.78. The van der Waals surface area contributed by atoms with Crippen molar-refractivity contribution < 1.29 is 14.6 Å². The van der Waals surface area contributed by atoms with Crippen LogP contribution in [0, 0.1) is 10.7 Å². The van der Waals surface area contributed by atoms with Crippen molar-refractivity contribution in [3.8, 4) is 5.75 Å². The van der Waals surface area contributed by atoms with Gasteiger partial charge in [0.25, 0.3) is 0 Å². The first kappa shape index (κ1) is 16.3. The van der Waals surface area contributed by atoms with Gasteiger partial charge in [-0.15, -0.1) is 0 Å². The van der Waals surface area contributed by atoms with Crippen molar-refractivity contribution in [3.05, 3.63) is 58.2 Å². The Morgan fingerprint density at radius 2 is 1.75 bits per heavy atom. The molecule has 3 nitrogen and oxygen atoms in total. The fraction of sp³-hybridized carbons (Fsp3) is 0.0714. The zero-order valence-corrected chi connectivity index (χ0v) is 16.5. The molecule has 0 aromatic heterocycles. The molecule has 104 valence electrons. The van der Waals surface area contributed by atoms with Crippen molar-refractivity contribution in [2.75, 3.05) is 0 Å². The summed E-state index contributed by atoms with van der Waals surface area (Å²) < 4.78 is 8.60. The van der Waals surface area contributed by atoms with Gasteiger partial charge in [-0.3, -0.25) is 0 Å². The molecule has 0 aliphatic heterocycles. The van der Waals surface area contributed by atoms with E-state index in [1.165, 1.54) is 0 Å². The van der Waals surface area contributed by atoms with E-state index in [0.29, 0.717) is 6.61 Å². The molecular formula is C14H9I3O3. The Morgan fingerprint density at radius 1 is 1.10 bits per heavy atom. The lowest BCUT2D eigenvalue weighted by Gasteiger charge is -2.11. The molecule has 0 aliphatic carbocycles. The first-order chi connectivity index (χ1) is 9.47. The number of benzene rings is 2. The maximum Gasteiger partial charge on any atom is 0.335 e. The van der Waals surface area contributed by atoms with Crippen LogP contribution in [0.15, 0.2) is 36.4 Å². The largest absolute Gasteiger partial charge is 0.487 e. The summed E-state index contributed by atoms with van der Waals surface area (Å²) in [5, 5.41) is 9.01. The number of hydrogen-bond donors (Lipinski definition) is 1. The monoisotopic (exact) mass is 606 g/mol. The zero-order chi connectivity index (χ0) is 14.7. The van der Waals surface area contributed by atoms with Gasteiger partial charge < -0.3 is 9.84 Å². The summed E-state index contributed by atoms with van der Waals surface area (Å²) in [7, 11) is 0. The van der Waals surface area contributed by atoms with Crippen LogP contribution in [0.3, 0.4) is 0 Å². The third kappa shape index (κ3) is 4.20. The van der Waals surface area contributed by atoms with Crippen LogP contribution in [-0.2, 0) is 6.61 Å². The van der Waals surface area contributed by atoms with Crippen molar-refractivity contribution in [1.82, 2.24) is 0 Å². The number of carboxylic acid groups (broad SMARTS) is 1. The number of aromatic carboxylic acids is 1. The molecule has 0 radical (unpaired) electrons. The van der Waals surface area contributed by atoms with Gasteiger partial charge in [-0.1, -0.05) is 12.1 Å². The maximum absolute atomic E-state index is 11.0. The summed E-state index contributed by atoms with van der Waals surface area (Å²) in [5.41, 5.74) is 1.37. The number of carboxylic acids is 1. The second-order valence-corrected chi connectivity index (χ2v) is 7.56. The van der Waals surface area contributed by atoms with Gasteiger partial charge in [0.2, 0.25) is 0 Å². The molecule has 0 amide bonds. The maximum atomic E-state index is 11.0. The fourth-order valence-corrected chi connectivity index (χ4v) is 4.29. The van der Waals surface area contributed by atoms with E-state index in [9.17, 15) is 4.79 Å². The van der Waals surface area contributed by atoms with Crippen LogP contribution in [0.1, 0.15) is 15.9 Å². The van der Waals surface area contributed by atoms with Crippen molar-refractivity contribution in [2.24, 2.45) is 0 Å². The van der Waals surface area contributed by atoms with Gasteiger partial charge >= 0.3 is 5.97 Å². The molecule has 0 unspecified atom stereocenters. The van der Waals surface area contributed by atoms with E-state index in [-0.39, 0.29) is 5.56 Å². The van der Waals surface area contributed by atoms with Crippen molar-refractivity contribution in [3.63, 3.8) is 0 Å². The van der Waals surface area contributed by atoms with Gasteiger partial charge in [0.15, 0.2) is 0 Å². The topological polar surface area (TPSA) is 46.5 Å². The van der Waals surface area contributed by atoms with Gasteiger partial charge in [-0.25, -0.2) is 4.79 Å². The summed E-state index contributed by atoms with van der Waals surface area (Å²) >= 11 is 6.46. The Labute approximate surface area is 157 Å².